The third kappa shape index (κ3) is 5.05. The first-order valence-corrected chi connectivity index (χ1v) is 9.34. The van der Waals surface area contributed by atoms with Gasteiger partial charge >= 0.3 is 0 Å². The molecule has 3 N–H and O–H groups in total. The highest BCUT2D eigenvalue weighted by molar-refractivity contribution is 7.10. The highest BCUT2D eigenvalue weighted by atomic mass is 35.5. The van der Waals surface area contributed by atoms with Crippen LogP contribution in [0.2, 0.25) is 0 Å². The first-order chi connectivity index (χ1) is 11.6. The zero-order valence-electron chi connectivity index (χ0n) is 14.1. The Labute approximate surface area is 159 Å². The molecule has 1 fully saturated rings. The van der Waals surface area contributed by atoms with E-state index in [0.717, 1.165) is 29.8 Å². The van der Waals surface area contributed by atoms with Gasteiger partial charge in [0, 0.05) is 29.9 Å². The van der Waals surface area contributed by atoms with Gasteiger partial charge in [-0.15, -0.1) is 23.7 Å². The van der Waals surface area contributed by atoms with Crippen LogP contribution in [0.15, 0.2) is 47.8 Å². The number of hydrogen-bond donors (Lipinski definition) is 2. The van der Waals surface area contributed by atoms with E-state index < -0.39 is 6.10 Å². The molecule has 0 bridgehead atoms. The van der Waals surface area contributed by atoms with Gasteiger partial charge < -0.3 is 15.7 Å². The van der Waals surface area contributed by atoms with Crippen molar-refractivity contribution in [1.82, 2.24) is 4.90 Å². The molecule has 1 aliphatic heterocycles. The van der Waals surface area contributed by atoms with Crippen LogP contribution in [0, 0.1) is 0 Å². The summed E-state index contributed by atoms with van der Waals surface area (Å²) in [6, 6.07) is 13.5. The molecular weight excluding hydrogens is 356 g/mol. The normalized spacial score (nSPS) is 19.3. The Morgan fingerprint density at radius 3 is 2.72 bits per heavy atom. The van der Waals surface area contributed by atoms with Gasteiger partial charge in [0.15, 0.2) is 0 Å². The Kier molecular flexibility index (Phi) is 7.44. The lowest BCUT2D eigenvalue weighted by Gasteiger charge is -2.27. The van der Waals surface area contributed by atoms with Crippen molar-refractivity contribution in [3.8, 4) is 0 Å². The summed E-state index contributed by atoms with van der Waals surface area (Å²) in [5.74, 6) is 0.0900. The lowest BCUT2D eigenvalue weighted by Crippen LogP contribution is -2.38. The van der Waals surface area contributed by atoms with Crippen molar-refractivity contribution in [2.24, 2.45) is 5.73 Å². The zero-order chi connectivity index (χ0) is 16.9. The minimum atomic E-state index is -0.494. The van der Waals surface area contributed by atoms with Gasteiger partial charge in [-0.2, -0.15) is 0 Å². The number of nitrogens with zero attached hydrogens (tertiary/aromatic N) is 1. The van der Waals surface area contributed by atoms with Crippen LogP contribution in [-0.2, 0) is 4.79 Å². The number of hydrogen-bond acceptors (Lipinski definition) is 4. The van der Waals surface area contributed by atoms with Gasteiger partial charge in [-0.1, -0.05) is 36.4 Å². The van der Waals surface area contributed by atoms with E-state index in [2.05, 4.69) is 0 Å². The molecule has 0 radical (unpaired) electrons. The smallest absolute Gasteiger partial charge is 0.224 e. The second-order valence-electron chi connectivity index (χ2n) is 6.37. The fraction of sp³-hybridized carbons (Fsp3) is 0.421. The molecule has 1 amide bonds. The molecule has 6 heteroatoms. The van der Waals surface area contributed by atoms with Gasteiger partial charge in [0.05, 0.1) is 6.10 Å². The molecule has 3 atom stereocenters. The standard InChI is InChI=1S/C19H24N2O2S.ClH/c20-16(14-6-2-1-3-7-14)13-19(23)21-10-4-8-15(21)12-17(22)18-9-5-11-24-18;/h1-3,5-7,9,11,15-17,22H,4,8,10,12-13,20H2;1H. The van der Waals surface area contributed by atoms with Crippen LogP contribution >= 0.6 is 23.7 Å². The van der Waals surface area contributed by atoms with Crippen molar-refractivity contribution < 1.29 is 9.90 Å². The topological polar surface area (TPSA) is 66.6 Å². The number of thiophene rings is 1. The number of aliphatic hydroxyl groups is 1. The molecule has 2 heterocycles. The molecule has 1 aromatic heterocycles. The van der Waals surface area contributed by atoms with Gasteiger partial charge in [-0.25, -0.2) is 0 Å². The van der Waals surface area contributed by atoms with Crippen LogP contribution in [0.5, 0.6) is 0 Å². The second-order valence-corrected chi connectivity index (χ2v) is 7.35. The number of amides is 1. The summed E-state index contributed by atoms with van der Waals surface area (Å²) in [5, 5.41) is 12.3. The van der Waals surface area contributed by atoms with Gasteiger partial charge in [-0.3, -0.25) is 4.79 Å². The highest BCUT2D eigenvalue weighted by Crippen LogP contribution is 2.30. The molecule has 0 saturated carbocycles. The predicted molar refractivity (Wildman–Crippen MR) is 104 cm³/mol. The van der Waals surface area contributed by atoms with Crippen molar-refractivity contribution >= 4 is 29.7 Å². The van der Waals surface area contributed by atoms with Gasteiger partial charge in [0.1, 0.15) is 0 Å². The molecule has 3 unspecified atom stereocenters. The van der Waals surface area contributed by atoms with Crippen LogP contribution in [0.4, 0.5) is 0 Å². The molecule has 0 aliphatic carbocycles. The summed E-state index contributed by atoms with van der Waals surface area (Å²) in [7, 11) is 0. The van der Waals surface area contributed by atoms with E-state index in [-0.39, 0.29) is 30.4 Å². The number of rotatable bonds is 6. The molecule has 1 saturated heterocycles. The van der Waals surface area contributed by atoms with E-state index in [4.69, 9.17) is 5.73 Å². The Bertz CT molecular complexity index is 651. The third-order valence-corrected chi connectivity index (χ3v) is 5.66. The van der Waals surface area contributed by atoms with E-state index in [0.29, 0.717) is 12.8 Å². The Morgan fingerprint density at radius 2 is 2.04 bits per heavy atom. The molecule has 0 spiro atoms. The fourth-order valence-corrected chi connectivity index (χ4v) is 4.11. The molecule has 2 aromatic rings. The first-order valence-electron chi connectivity index (χ1n) is 8.46. The van der Waals surface area contributed by atoms with Crippen molar-refractivity contribution in [2.75, 3.05) is 6.54 Å². The molecule has 4 nitrogen and oxygen atoms in total. The predicted octanol–water partition coefficient (Wildman–Crippen LogP) is 3.67. The van der Waals surface area contributed by atoms with Crippen LogP contribution < -0.4 is 5.73 Å². The van der Waals surface area contributed by atoms with Crippen molar-refractivity contribution in [2.45, 2.75) is 43.9 Å². The third-order valence-electron chi connectivity index (χ3n) is 4.69. The number of halogens is 1. The largest absolute Gasteiger partial charge is 0.387 e. The summed E-state index contributed by atoms with van der Waals surface area (Å²) in [5.41, 5.74) is 7.18. The van der Waals surface area contributed by atoms with Crippen LogP contribution in [0.25, 0.3) is 0 Å². The maximum absolute atomic E-state index is 12.7. The van der Waals surface area contributed by atoms with Crippen LogP contribution in [-0.4, -0.2) is 28.5 Å². The molecule has 136 valence electrons. The van der Waals surface area contributed by atoms with E-state index in [9.17, 15) is 9.90 Å². The summed E-state index contributed by atoms with van der Waals surface area (Å²) >= 11 is 1.56. The van der Waals surface area contributed by atoms with E-state index in [1.807, 2.05) is 52.7 Å². The SMILES string of the molecule is Cl.NC(CC(=O)N1CCCC1CC(O)c1cccs1)c1ccccc1. The van der Waals surface area contributed by atoms with Crippen molar-refractivity contribution in [1.29, 1.82) is 0 Å². The molecule has 25 heavy (non-hydrogen) atoms. The average molecular weight is 381 g/mol. The minimum absolute atomic E-state index is 0. The second kappa shape index (κ2) is 9.34. The lowest BCUT2D eigenvalue weighted by molar-refractivity contribution is -0.132. The van der Waals surface area contributed by atoms with E-state index in [1.54, 1.807) is 11.3 Å². The summed E-state index contributed by atoms with van der Waals surface area (Å²) in [6.07, 6.45) is 2.37. The molecule has 1 aliphatic rings. The maximum Gasteiger partial charge on any atom is 0.224 e. The number of carbonyl (C=O) groups excluding carboxylic acids is 1. The van der Waals surface area contributed by atoms with Gasteiger partial charge in [-0.05, 0) is 36.3 Å². The maximum atomic E-state index is 12.7. The van der Waals surface area contributed by atoms with Crippen molar-refractivity contribution in [3.63, 3.8) is 0 Å². The Balaban J connectivity index is 0.00000225. The monoisotopic (exact) mass is 380 g/mol. The molecular formula is C19H25ClN2O2S. The zero-order valence-corrected chi connectivity index (χ0v) is 15.7. The van der Waals surface area contributed by atoms with Crippen molar-refractivity contribution in [3.05, 3.63) is 58.3 Å². The summed E-state index contributed by atoms with van der Waals surface area (Å²) < 4.78 is 0. The van der Waals surface area contributed by atoms with Gasteiger partial charge in [0.25, 0.3) is 0 Å². The average Bonchev–Trinajstić information content (AvgIpc) is 3.27. The Hall–Kier alpha value is -1.40. The summed E-state index contributed by atoms with van der Waals surface area (Å²) in [4.78, 5) is 15.6. The number of carbonyl (C=O) groups is 1. The van der Waals surface area contributed by atoms with Gasteiger partial charge in [0.2, 0.25) is 5.91 Å². The number of benzene rings is 1. The lowest BCUT2D eigenvalue weighted by atomic mass is 10.0. The quantitative estimate of drug-likeness (QED) is 0.803. The number of aliphatic hydroxyl groups excluding tert-OH is 1. The minimum Gasteiger partial charge on any atom is -0.387 e. The first kappa shape index (κ1) is 19.9. The van der Waals surface area contributed by atoms with E-state index in [1.165, 1.54) is 0 Å². The number of likely N-dealkylation sites (tertiary alicyclic amines) is 1. The number of nitrogens with two attached hydrogens (primary N) is 1. The Morgan fingerprint density at radius 1 is 1.28 bits per heavy atom. The molecule has 3 rings (SSSR count). The van der Waals surface area contributed by atoms with Crippen LogP contribution in [0.1, 0.15) is 48.3 Å². The molecule has 1 aromatic carbocycles. The summed E-state index contributed by atoms with van der Waals surface area (Å²) in [6.45, 7) is 0.766. The highest BCUT2D eigenvalue weighted by Gasteiger charge is 2.31. The van der Waals surface area contributed by atoms with Crippen LogP contribution in [0.3, 0.4) is 0 Å². The van der Waals surface area contributed by atoms with E-state index >= 15 is 0 Å². The fourth-order valence-electron chi connectivity index (χ4n) is 3.39.